The number of aryl methyl sites for hydroxylation is 1. The van der Waals surface area contributed by atoms with Gasteiger partial charge in [-0.15, -0.1) is 0 Å². The number of anilines is 1. The number of benzene rings is 1. The highest BCUT2D eigenvalue weighted by atomic mass is 19.3. The predicted molar refractivity (Wildman–Crippen MR) is 101 cm³/mol. The van der Waals surface area contributed by atoms with Crippen molar-refractivity contribution >= 4 is 12.0 Å². The Morgan fingerprint density at radius 1 is 1.34 bits per heavy atom. The van der Waals surface area contributed by atoms with Gasteiger partial charge in [0.2, 0.25) is 5.82 Å². The zero-order valence-corrected chi connectivity index (χ0v) is 16.6. The molecular formula is C20H25F2N3O4. The maximum Gasteiger partial charge on any atom is 0.338 e. The van der Waals surface area contributed by atoms with Crippen molar-refractivity contribution in [2.75, 3.05) is 31.7 Å². The fraction of sp³-hybridized carbons (Fsp3) is 0.550. The van der Waals surface area contributed by atoms with Gasteiger partial charge < -0.3 is 18.9 Å². The van der Waals surface area contributed by atoms with Gasteiger partial charge in [0.1, 0.15) is 5.75 Å². The minimum Gasteiger partial charge on any atom is -0.494 e. The van der Waals surface area contributed by atoms with Crippen molar-refractivity contribution in [2.24, 2.45) is 5.92 Å². The van der Waals surface area contributed by atoms with Crippen molar-refractivity contribution in [3.05, 3.63) is 35.2 Å². The van der Waals surface area contributed by atoms with Gasteiger partial charge >= 0.3 is 18.4 Å². The molecule has 0 radical (unpaired) electrons. The highest BCUT2D eigenvalue weighted by Gasteiger charge is 2.24. The van der Waals surface area contributed by atoms with Crippen LogP contribution in [0.5, 0.6) is 5.75 Å². The van der Waals surface area contributed by atoms with Gasteiger partial charge in [0, 0.05) is 13.1 Å². The van der Waals surface area contributed by atoms with E-state index in [2.05, 4.69) is 10.1 Å². The van der Waals surface area contributed by atoms with E-state index in [-0.39, 0.29) is 12.0 Å². The molecule has 9 heteroatoms. The summed E-state index contributed by atoms with van der Waals surface area (Å²) in [6, 6.07) is 5.50. The van der Waals surface area contributed by atoms with Crippen molar-refractivity contribution in [1.82, 2.24) is 10.1 Å². The number of rotatable bonds is 8. The molecule has 1 fully saturated rings. The van der Waals surface area contributed by atoms with Crippen LogP contribution in [0.15, 0.2) is 22.7 Å². The second-order valence-electron chi connectivity index (χ2n) is 7.13. The van der Waals surface area contributed by atoms with E-state index >= 15 is 0 Å². The number of carbonyl (C=O) groups excluding carboxylic acids is 1. The fourth-order valence-corrected chi connectivity index (χ4v) is 3.48. The largest absolute Gasteiger partial charge is 0.494 e. The first-order chi connectivity index (χ1) is 14.0. The Morgan fingerprint density at radius 2 is 2.10 bits per heavy atom. The third-order valence-electron chi connectivity index (χ3n) is 5.14. The average molecular weight is 409 g/mol. The van der Waals surface area contributed by atoms with Crippen LogP contribution in [0.2, 0.25) is 0 Å². The number of halogens is 2. The van der Waals surface area contributed by atoms with E-state index in [0.29, 0.717) is 31.2 Å². The first kappa shape index (κ1) is 21.0. The number of hydrogen-bond acceptors (Lipinski definition) is 7. The lowest BCUT2D eigenvalue weighted by atomic mass is 9.92. The lowest BCUT2D eigenvalue weighted by molar-refractivity contribution is 0.0600. The van der Waals surface area contributed by atoms with Crippen LogP contribution >= 0.6 is 0 Å². The zero-order valence-electron chi connectivity index (χ0n) is 16.6. The second-order valence-corrected chi connectivity index (χ2v) is 7.13. The van der Waals surface area contributed by atoms with Crippen LogP contribution in [0.1, 0.15) is 53.9 Å². The monoisotopic (exact) mass is 409 g/mol. The molecule has 2 heterocycles. The number of ether oxygens (including phenoxy) is 2. The van der Waals surface area contributed by atoms with E-state index < -0.39 is 12.2 Å². The summed E-state index contributed by atoms with van der Waals surface area (Å²) in [4.78, 5) is 17.2. The Morgan fingerprint density at radius 3 is 2.72 bits per heavy atom. The van der Waals surface area contributed by atoms with Crippen molar-refractivity contribution in [3.8, 4) is 5.75 Å². The fourth-order valence-electron chi connectivity index (χ4n) is 3.48. The molecule has 1 aliphatic heterocycles. The maximum atomic E-state index is 12.6. The smallest absolute Gasteiger partial charge is 0.338 e. The molecule has 29 heavy (non-hydrogen) atoms. The maximum absolute atomic E-state index is 12.6. The highest BCUT2D eigenvalue weighted by Crippen LogP contribution is 2.27. The van der Waals surface area contributed by atoms with E-state index in [9.17, 15) is 13.6 Å². The van der Waals surface area contributed by atoms with Gasteiger partial charge in [0.25, 0.3) is 0 Å². The molecule has 0 aliphatic carbocycles. The molecule has 1 saturated heterocycles. The lowest BCUT2D eigenvalue weighted by Crippen LogP contribution is -2.34. The van der Waals surface area contributed by atoms with Gasteiger partial charge in [-0.25, -0.2) is 13.6 Å². The quantitative estimate of drug-likeness (QED) is 0.478. The highest BCUT2D eigenvalue weighted by molar-refractivity contribution is 5.91. The molecule has 0 bridgehead atoms. The van der Waals surface area contributed by atoms with Crippen LogP contribution in [0.25, 0.3) is 0 Å². The Kier molecular flexibility index (Phi) is 7.00. The number of piperidine rings is 1. The van der Waals surface area contributed by atoms with Gasteiger partial charge in [-0.05, 0) is 62.3 Å². The van der Waals surface area contributed by atoms with Crippen LogP contribution in [0, 0.1) is 12.8 Å². The minimum atomic E-state index is -2.72. The van der Waals surface area contributed by atoms with E-state index in [0.717, 1.165) is 37.0 Å². The molecule has 0 amide bonds. The van der Waals surface area contributed by atoms with Gasteiger partial charge in [-0.3, -0.25) is 0 Å². The Hall–Kier alpha value is -2.71. The van der Waals surface area contributed by atoms with Crippen LogP contribution < -0.4 is 9.64 Å². The predicted octanol–water partition coefficient (Wildman–Crippen LogP) is 4.18. The first-order valence-corrected chi connectivity index (χ1v) is 9.66. The molecule has 0 unspecified atom stereocenters. The van der Waals surface area contributed by atoms with Gasteiger partial charge in [-0.1, -0.05) is 5.16 Å². The molecule has 158 valence electrons. The molecule has 0 atom stereocenters. The van der Waals surface area contributed by atoms with Gasteiger partial charge in [0.05, 0.1) is 19.3 Å². The van der Waals surface area contributed by atoms with Crippen molar-refractivity contribution in [2.45, 2.75) is 39.0 Å². The van der Waals surface area contributed by atoms with Crippen molar-refractivity contribution in [1.29, 1.82) is 0 Å². The Labute approximate surface area is 168 Å². The topological polar surface area (TPSA) is 77.7 Å². The van der Waals surface area contributed by atoms with E-state index in [1.54, 1.807) is 12.1 Å². The molecular weight excluding hydrogens is 384 g/mol. The van der Waals surface area contributed by atoms with Crippen LogP contribution in [-0.4, -0.2) is 42.9 Å². The lowest BCUT2D eigenvalue weighted by Gasteiger charge is -2.30. The molecule has 0 spiro atoms. The molecule has 3 rings (SSSR count). The number of nitrogens with zero attached hydrogens (tertiary/aromatic N) is 3. The normalized spacial score (nSPS) is 15.0. The number of carbonyl (C=O) groups is 1. The van der Waals surface area contributed by atoms with Crippen molar-refractivity contribution in [3.63, 3.8) is 0 Å². The summed E-state index contributed by atoms with van der Waals surface area (Å²) in [6.45, 7) is 3.87. The third-order valence-corrected chi connectivity index (χ3v) is 5.14. The second kappa shape index (κ2) is 9.67. The van der Waals surface area contributed by atoms with Crippen LogP contribution in [0.3, 0.4) is 0 Å². The summed E-state index contributed by atoms with van der Waals surface area (Å²) in [5.74, 6) is 0.368. The molecule has 1 aliphatic rings. The molecule has 0 N–H and O–H groups in total. The Bertz CT molecular complexity index is 820. The van der Waals surface area contributed by atoms with Crippen molar-refractivity contribution < 1.29 is 27.6 Å². The average Bonchev–Trinajstić information content (AvgIpc) is 3.22. The van der Waals surface area contributed by atoms with E-state index in [1.807, 2.05) is 17.9 Å². The summed E-state index contributed by atoms with van der Waals surface area (Å²) in [7, 11) is 1.36. The molecule has 0 saturated carbocycles. The van der Waals surface area contributed by atoms with Gasteiger partial charge in [0.15, 0.2) is 0 Å². The Balaban J connectivity index is 1.37. The number of methoxy groups -OCH3 is 1. The van der Waals surface area contributed by atoms with Gasteiger partial charge in [-0.2, -0.15) is 4.98 Å². The van der Waals surface area contributed by atoms with Crippen LogP contribution in [-0.2, 0) is 4.74 Å². The molecule has 2 aromatic rings. The minimum absolute atomic E-state index is 0.174. The summed E-state index contributed by atoms with van der Waals surface area (Å²) in [5.41, 5.74) is 1.35. The molecule has 1 aromatic carbocycles. The summed E-state index contributed by atoms with van der Waals surface area (Å²) < 4.78 is 40.6. The number of hydrogen-bond donors (Lipinski definition) is 0. The third kappa shape index (κ3) is 5.42. The molecule has 7 nitrogen and oxygen atoms in total. The number of aromatic nitrogens is 2. The SMILES string of the molecule is COC(=O)c1ccc(OCCCC2CCN(c3nc(C(F)F)no3)CC2)cc1C. The van der Waals surface area contributed by atoms with Crippen LogP contribution in [0.4, 0.5) is 14.8 Å². The molecule has 1 aromatic heterocycles. The number of esters is 1. The summed E-state index contributed by atoms with van der Waals surface area (Å²) in [6.07, 6.45) is 1.11. The summed E-state index contributed by atoms with van der Waals surface area (Å²) in [5, 5.41) is 3.31. The van der Waals surface area contributed by atoms with E-state index in [1.165, 1.54) is 7.11 Å². The first-order valence-electron chi connectivity index (χ1n) is 9.66. The van der Waals surface area contributed by atoms with E-state index in [4.69, 9.17) is 14.0 Å². The standard InChI is InChI=1S/C20H25F2N3O4/c1-13-12-15(5-6-16(13)19(26)27-2)28-11-3-4-14-7-9-25(10-8-14)20-23-18(17(21)22)24-29-20/h5-6,12,14,17H,3-4,7-11H2,1-2H3. The number of alkyl halides is 2. The summed E-state index contributed by atoms with van der Waals surface area (Å²) >= 11 is 0. The zero-order chi connectivity index (χ0) is 20.8.